The molecule has 1 amide bonds. The highest BCUT2D eigenvalue weighted by atomic mass is 32.2. The third-order valence-electron chi connectivity index (χ3n) is 4.03. The Labute approximate surface area is 167 Å². The number of carbonyl (C=O) groups excluding carboxylic acids is 2. The van der Waals surface area contributed by atoms with Gasteiger partial charge in [0.05, 0.1) is 23.9 Å². The van der Waals surface area contributed by atoms with Gasteiger partial charge in [-0.2, -0.15) is 11.8 Å². The molecule has 146 valence electrons. The summed E-state index contributed by atoms with van der Waals surface area (Å²) in [6, 6.07) is 14.5. The molecule has 3 rings (SSSR count). The van der Waals surface area contributed by atoms with Crippen molar-refractivity contribution in [3.8, 4) is 5.75 Å². The van der Waals surface area contributed by atoms with Gasteiger partial charge >= 0.3 is 5.97 Å². The second-order valence-corrected chi connectivity index (χ2v) is 6.84. The van der Waals surface area contributed by atoms with Crippen molar-refractivity contribution < 1.29 is 19.1 Å². The smallest absolute Gasteiger partial charge is 0.326 e. The van der Waals surface area contributed by atoms with Gasteiger partial charge in [-0.05, 0) is 42.7 Å². The highest BCUT2D eigenvalue weighted by molar-refractivity contribution is 7.97. The second-order valence-electron chi connectivity index (χ2n) is 5.97. The highest BCUT2D eigenvalue weighted by Gasteiger charge is 2.15. The van der Waals surface area contributed by atoms with Gasteiger partial charge in [-0.3, -0.25) is 9.59 Å². The van der Waals surface area contributed by atoms with Gasteiger partial charge in [-0.1, -0.05) is 12.1 Å². The molecule has 1 N–H and O–H groups in total. The molecule has 8 heteroatoms. The lowest BCUT2D eigenvalue weighted by atomic mass is 10.3. The van der Waals surface area contributed by atoms with Crippen molar-refractivity contribution >= 4 is 40.4 Å². The second kappa shape index (κ2) is 9.27. The van der Waals surface area contributed by atoms with Crippen molar-refractivity contribution in [2.24, 2.45) is 0 Å². The molecule has 0 atom stereocenters. The number of amides is 1. The van der Waals surface area contributed by atoms with Gasteiger partial charge in [0, 0.05) is 5.69 Å². The van der Waals surface area contributed by atoms with Crippen LogP contribution in [0.5, 0.6) is 5.75 Å². The summed E-state index contributed by atoms with van der Waals surface area (Å²) in [5.74, 6) is 1.28. The van der Waals surface area contributed by atoms with Gasteiger partial charge in [-0.15, -0.1) is 0 Å². The number of nitrogens with one attached hydrogen (secondary N) is 1. The molecule has 0 bridgehead atoms. The van der Waals surface area contributed by atoms with E-state index in [2.05, 4.69) is 10.3 Å². The van der Waals surface area contributed by atoms with Gasteiger partial charge < -0.3 is 19.4 Å². The Balaban J connectivity index is 1.58. The number of fused-ring (bicyclic) bond motifs is 1. The van der Waals surface area contributed by atoms with E-state index < -0.39 is 11.9 Å². The van der Waals surface area contributed by atoms with Crippen molar-refractivity contribution in [3.05, 3.63) is 54.4 Å². The monoisotopic (exact) mass is 399 g/mol. The van der Waals surface area contributed by atoms with E-state index >= 15 is 0 Å². The van der Waals surface area contributed by atoms with E-state index in [1.54, 1.807) is 43.1 Å². The molecule has 1 aromatic heterocycles. The van der Waals surface area contributed by atoms with Crippen LogP contribution < -0.4 is 10.1 Å². The average Bonchev–Trinajstić information content (AvgIpc) is 3.04. The van der Waals surface area contributed by atoms with E-state index in [1.165, 1.54) is 0 Å². The molecule has 0 aliphatic heterocycles. The third-order valence-corrected chi connectivity index (χ3v) is 4.58. The predicted octanol–water partition coefficient (Wildman–Crippen LogP) is 3.09. The van der Waals surface area contributed by atoms with Crippen LogP contribution in [0.1, 0.15) is 5.82 Å². The first kappa shape index (κ1) is 19.8. The Morgan fingerprint density at radius 1 is 1.14 bits per heavy atom. The number of hydrogen-bond donors (Lipinski definition) is 1. The van der Waals surface area contributed by atoms with E-state index in [9.17, 15) is 9.59 Å². The minimum Gasteiger partial charge on any atom is -0.497 e. The minimum atomic E-state index is -0.490. The van der Waals surface area contributed by atoms with E-state index in [-0.39, 0.29) is 13.2 Å². The van der Waals surface area contributed by atoms with E-state index in [0.717, 1.165) is 16.9 Å². The first-order chi connectivity index (χ1) is 13.6. The normalized spacial score (nSPS) is 10.6. The van der Waals surface area contributed by atoms with Crippen LogP contribution in [0.15, 0.2) is 48.5 Å². The standard InChI is InChI=1S/C20H21N3O4S/c1-26-15-9-7-14(8-10-15)21-19(24)12-27-20(25)11-23-17-6-4-3-5-16(17)22-18(23)13-28-2/h3-10H,11-13H2,1-2H3,(H,21,24). The number of methoxy groups -OCH3 is 1. The van der Waals surface area contributed by atoms with Gasteiger partial charge in [0.1, 0.15) is 18.1 Å². The average molecular weight is 399 g/mol. The zero-order chi connectivity index (χ0) is 19.9. The number of rotatable bonds is 8. The molecular weight excluding hydrogens is 378 g/mol. The van der Waals surface area contributed by atoms with Gasteiger partial charge in [0.25, 0.3) is 5.91 Å². The molecule has 0 saturated carbocycles. The van der Waals surface area contributed by atoms with E-state index in [1.807, 2.05) is 35.1 Å². The van der Waals surface area contributed by atoms with Crippen LogP contribution in [-0.4, -0.2) is 41.4 Å². The summed E-state index contributed by atoms with van der Waals surface area (Å²) in [5, 5.41) is 2.67. The summed E-state index contributed by atoms with van der Waals surface area (Å²) in [6.45, 7) is -0.346. The highest BCUT2D eigenvalue weighted by Crippen LogP contribution is 2.19. The number of benzene rings is 2. The summed E-state index contributed by atoms with van der Waals surface area (Å²) in [7, 11) is 1.57. The molecule has 0 aliphatic carbocycles. The number of nitrogens with zero attached hydrogens (tertiary/aromatic N) is 2. The summed E-state index contributed by atoms with van der Waals surface area (Å²) < 4.78 is 12.0. The molecule has 0 aliphatic rings. The lowest BCUT2D eigenvalue weighted by molar-refractivity contribution is -0.147. The molecule has 0 saturated heterocycles. The first-order valence-electron chi connectivity index (χ1n) is 8.63. The molecule has 2 aromatic carbocycles. The Morgan fingerprint density at radius 2 is 1.89 bits per heavy atom. The van der Waals surface area contributed by atoms with Crippen molar-refractivity contribution in [1.29, 1.82) is 0 Å². The fourth-order valence-corrected chi connectivity index (χ4v) is 3.21. The maximum Gasteiger partial charge on any atom is 0.326 e. The number of ether oxygens (including phenoxy) is 2. The number of esters is 1. The van der Waals surface area contributed by atoms with Crippen molar-refractivity contribution in [2.45, 2.75) is 12.3 Å². The largest absolute Gasteiger partial charge is 0.497 e. The molecule has 0 unspecified atom stereocenters. The first-order valence-corrected chi connectivity index (χ1v) is 10.0. The minimum absolute atomic E-state index is 0.00617. The maximum absolute atomic E-state index is 12.3. The quantitative estimate of drug-likeness (QED) is 0.586. The van der Waals surface area contributed by atoms with Crippen LogP contribution in [0.25, 0.3) is 11.0 Å². The molecule has 3 aromatic rings. The van der Waals surface area contributed by atoms with Crippen LogP contribution >= 0.6 is 11.8 Å². The molecule has 1 heterocycles. The number of aromatic nitrogens is 2. The van der Waals surface area contributed by atoms with Crippen LogP contribution in [0.2, 0.25) is 0 Å². The molecule has 0 spiro atoms. The van der Waals surface area contributed by atoms with Crippen molar-refractivity contribution in [1.82, 2.24) is 9.55 Å². The van der Waals surface area contributed by atoms with Gasteiger partial charge in [0.2, 0.25) is 0 Å². The Kier molecular flexibility index (Phi) is 6.54. The van der Waals surface area contributed by atoms with E-state index in [0.29, 0.717) is 17.2 Å². The number of thioether (sulfide) groups is 1. The SMILES string of the molecule is COc1ccc(NC(=O)COC(=O)Cn2c(CSC)nc3ccccc32)cc1. The third kappa shape index (κ3) is 4.83. The molecule has 0 radical (unpaired) electrons. The van der Waals surface area contributed by atoms with Gasteiger partial charge in [0.15, 0.2) is 6.61 Å². The summed E-state index contributed by atoms with van der Waals surface area (Å²) in [5.41, 5.74) is 2.30. The molecular formula is C20H21N3O4S. The number of carbonyl (C=O) groups is 2. The zero-order valence-corrected chi connectivity index (χ0v) is 16.5. The van der Waals surface area contributed by atoms with Crippen LogP contribution in [0.3, 0.4) is 0 Å². The summed E-state index contributed by atoms with van der Waals surface area (Å²) in [4.78, 5) is 28.9. The zero-order valence-electron chi connectivity index (χ0n) is 15.7. The van der Waals surface area contributed by atoms with E-state index in [4.69, 9.17) is 9.47 Å². The summed E-state index contributed by atoms with van der Waals surface area (Å²) >= 11 is 1.62. The lowest BCUT2D eigenvalue weighted by Gasteiger charge is -2.10. The van der Waals surface area contributed by atoms with Crippen LogP contribution in [0.4, 0.5) is 5.69 Å². The lowest BCUT2D eigenvalue weighted by Crippen LogP contribution is -2.23. The topological polar surface area (TPSA) is 82.5 Å². The Hall–Kier alpha value is -3.00. The molecule has 0 fully saturated rings. The Morgan fingerprint density at radius 3 is 2.61 bits per heavy atom. The van der Waals surface area contributed by atoms with Crippen molar-refractivity contribution in [3.63, 3.8) is 0 Å². The number of hydrogen-bond acceptors (Lipinski definition) is 6. The van der Waals surface area contributed by atoms with Crippen LogP contribution in [-0.2, 0) is 26.6 Å². The number of imidazole rings is 1. The summed E-state index contributed by atoms with van der Waals surface area (Å²) in [6.07, 6.45) is 1.98. The van der Waals surface area contributed by atoms with Crippen LogP contribution in [0, 0.1) is 0 Å². The number of anilines is 1. The maximum atomic E-state index is 12.3. The number of para-hydroxylation sites is 2. The van der Waals surface area contributed by atoms with Crippen molar-refractivity contribution in [2.75, 3.05) is 25.3 Å². The fraction of sp³-hybridized carbons (Fsp3) is 0.250. The predicted molar refractivity (Wildman–Crippen MR) is 110 cm³/mol. The molecule has 7 nitrogen and oxygen atoms in total. The fourth-order valence-electron chi connectivity index (χ4n) is 2.73. The molecule has 28 heavy (non-hydrogen) atoms. The van der Waals surface area contributed by atoms with Gasteiger partial charge in [-0.25, -0.2) is 4.98 Å². The Bertz CT molecular complexity index is 969.